The third-order valence-electron chi connectivity index (χ3n) is 3.66. The van der Waals surface area contributed by atoms with E-state index in [4.69, 9.17) is 26.4 Å². The van der Waals surface area contributed by atoms with Crippen molar-refractivity contribution in [2.75, 3.05) is 13.2 Å². The van der Waals surface area contributed by atoms with Crippen LogP contribution in [0.5, 0.6) is 0 Å². The molecule has 2 aliphatic heterocycles. The van der Waals surface area contributed by atoms with Gasteiger partial charge in [0.2, 0.25) is 16.2 Å². The van der Waals surface area contributed by atoms with E-state index in [-0.39, 0.29) is 77.8 Å². The van der Waals surface area contributed by atoms with Gasteiger partial charge in [0, 0.05) is 4.38 Å². The molecule has 8 nitrogen and oxygen atoms in total. The molecular weight excluding hydrogens is 611 g/mol. The first-order valence-corrected chi connectivity index (χ1v) is 13.0. The minimum atomic E-state index is -0.780. The smallest absolute Gasteiger partial charge is 0.514 e. The number of carbonyl (C=O) groups excluding carboxylic acids is 2. The molecule has 0 saturated carbocycles. The normalized spacial score (nSPS) is 18.6. The number of aliphatic imine (C=N–C) groups is 2. The van der Waals surface area contributed by atoms with Crippen molar-refractivity contribution in [3.8, 4) is 0 Å². The second-order valence-corrected chi connectivity index (χ2v) is 11.9. The number of carbonyl (C=O) groups is 2. The monoisotopic (exact) mass is 640 g/mol. The van der Waals surface area contributed by atoms with E-state index in [1.807, 2.05) is 27.7 Å². The van der Waals surface area contributed by atoms with E-state index in [0.717, 1.165) is 0 Å². The Hall–Kier alpha value is 0.746. The largest absolute Gasteiger partial charge is 1.00 e. The Balaban J connectivity index is 0. The molecule has 0 spiro atoms. The van der Waals surface area contributed by atoms with Crippen LogP contribution in [-0.2, 0) is 41.2 Å². The maximum absolute atomic E-state index is 11.4. The van der Waals surface area contributed by atoms with Crippen molar-refractivity contribution in [3.05, 3.63) is 0 Å². The Morgan fingerprint density at radius 1 is 1.00 bits per heavy atom. The first-order chi connectivity index (χ1) is 15.1. The van der Waals surface area contributed by atoms with Crippen LogP contribution < -0.4 is 51.4 Å². The number of cyclic esters (lactones) is 2. The number of hydrogen-bond donors (Lipinski definition) is 0. The van der Waals surface area contributed by atoms with E-state index in [1.165, 1.54) is 11.8 Å². The molecule has 0 aromatic carbocycles. The second-order valence-electron chi connectivity index (χ2n) is 7.54. The van der Waals surface area contributed by atoms with Crippen molar-refractivity contribution in [3.63, 3.8) is 0 Å². The third-order valence-corrected chi connectivity index (χ3v) is 5.56. The van der Waals surface area contributed by atoms with Gasteiger partial charge in [-0.3, -0.25) is 0 Å². The van der Waals surface area contributed by atoms with Gasteiger partial charge in [-0.05, 0) is 67.6 Å². The molecular formula is C20H30BrKN2O6S4. The molecule has 2 aliphatic rings. The summed E-state index contributed by atoms with van der Waals surface area (Å²) in [5.74, 6) is 0.290. The molecule has 0 aromatic heterocycles. The minimum Gasteiger partial charge on any atom is -0.514 e. The molecule has 188 valence electrons. The van der Waals surface area contributed by atoms with E-state index in [0.29, 0.717) is 29.4 Å². The van der Waals surface area contributed by atoms with Gasteiger partial charge in [-0.1, -0.05) is 27.7 Å². The van der Waals surface area contributed by atoms with Crippen LogP contribution in [0.3, 0.4) is 0 Å². The Morgan fingerprint density at radius 3 is 1.65 bits per heavy atom. The van der Waals surface area contributed by atoms with E-state index in [9.17, 15) is 9.59 Å². The number of alkyl halides is 1. The van der Waals surface area contributed by atoms with Gasteiger partial charge in [-0.2, -0.15) is 0 Å². The van der Waals surface area contributed by atoms with Crippen LogP contribution >= 0.6 is 52.1 Å². The molecule has 14 heteroatoms. The van der Waals surface area contributed by atoms with Crippen LogP contribution in [0.4, 0.5) is 0 Å². The summed E-state index contributed by atoms with van der Waals surface area (Å²) in [6.45, 7) is 15.5. The standard InChI is InChI=1S/C10H15NO3S2.C7H10BrNO2.C3H6OS2.K/c1-5-13-9(15)16-6(2)7-11-10(3,4)8(12)14-7;1-4(8)5-9-7(2,3)6(10)11-5;1-2-4-3(5)6;/h6H,5H2,1-4H3;4H,1-3H3;2H2,1H3,(H,5,6);/q;;;+1/p-1. The number of rotatable bonds is 5. The average Bonchev–Trinajstić information content (AvgIpc) is 3.10. The molecule has 0 aliphatic carbocycles. The van der Waals surface area contributed by atoms with Gasteiger partial charge in [-0.15, -0.1) is 0 Å². The summed E-state index contributed by atoms with van der Waals surface area (Å²) < 4.78 is 20.4. The van der Waals surface area contributed by atoms with E-state index >= 15 is 0 Å². The predicted molar refractivity (Wildman–Crippen MR) is 146 cm³/mol. The van der Waals surface area contributed by atoms with Crippen LogP contribution in [0, 0.1) is 0 Å². The summed E-state index contributed by atoms with van der Waals surface area (Å²) in [5, 5.41) is -0.107. The Bertz CT molecular complexity index is 806. The Labute approximate surface area is 273 Å². The van der Waals surface area contributed by atoms with Crippen LogP contribution in [0.15, 0.2) is 9.98 Å². The number of hydrogen-bond acceptors (Lipinski definition) is 12. The molecule has 2 heterocycles. The van der Waals surface area contributed by atoms with Gasteiger partial charge < -0.3 is 43.8 Å². The van der Waals surface area contributed by atoms with Crippen molar-refractivity contribution in [1.82, 2.24) is 0 Å². The van der Waals surface area contributed by atoms with Crippen molar-refractivity contribution in [2.24, 2.45) is 9.98 Å². The summed E-state index contributed by atoms with van der Waals surface area (Å²) >= 11 is 18.4. The maximum atomic E-state index is 11.4. The quantitative estimate of drug-likeness (QED) is 0.145. The third kappa shape index (κ3) is 13.9. The summed E-state index contributed by atoms with van der Waals surface area (Å²) in [6, 6.07) is 0. The second kappa shape index (κ2) is 17.3. The van der Waals surface area contributed by atoms with Gasteiger partial charge in [-0.25, -0.2) is 19.6 Å². The van der Waals surface area contributed by atoms with Gasteiger partial charge >= 0.3 is 63.3 Å². The molecule has 2 atom stereocenters. The summed E-state index contributed by atoms with van der Waals surface area (Å²) in [7, 11) is 0. The van der Waals surface area contributed by atoms with Crippen molar-refractivity contribution < 1.29 is 79.9 Å². The van der Waals surface area contributed by atoms with Crippen LogP contribution in [0.1, 0.15) is 55.4 Å². The topological polar surface area (TPSA) is 95.8 Å². The summed E-state index contributed by atoms with van der Waals surface area (Å²) in [5.41, 5.74) is -1.48. The van der Waals surface area contributed by atoms with Gasteiger partial charge in [0.15, 0.2) is 11.1 Å². The van der Waals surface area contributed by atoms with Crippen LogP contribution in [0.2, 0.25) is 0 Å². The maximum Gasteiger partial charge on any atom is 1.00 e. The molecule has 2 unspecified atom stereocenters. The van der Waals surface area contributed by atoms with E-state index in [1.54, 1.807) is 27.7 Å². The zero-order valence-electron chi connectivity index (χ0n) is 20.9. The molecule has 0 amide bonds. The zero-order chi connectivity index (χ0) is 26.0. The van der Waals surface area contributed by atoms with Crippen LogP contribution in [-0.4, -0.2) is 66.9 Å². The van der Waals surface area contributed by atoms with Gasteiger partial charge in [0.1, 0.15) is 0 Å². The van der Waals surface area contributed by atoms with Gasteiger partial charge in [0.05, 0.1) is 23.3 Å². The number of nitrogens with zero attached hydrogens (tertiary/aromatic N) is 2. The molecule has 2 rings (SSSR count). The summed E-state index contributed by atoms with van der Waals surface area (Å²) in [4.78, 5) is 30.8. The van der Waals surface area contributed by atoms with Crippen molar-refractivity contribution >= 4 is 97.3 Å². The number of thioether (sulfide) groups is 1. The van der Waals surface area contributed by atoms with E-state index in [2.05, 4.69) is 55.5 Å². The number of thiocarbonyl (C=S) groups is 2. The molecule has 0 bridgehead atoms. The summed E-state index contributed by atoms with van der Waals surface area (Å²) in [6.07, 6.45) is 0. The fourth-order valence-electron chi connectivity index (χ4n) is 1.94. The predicted octanol–water partition coefficient (Wildman–Crippen LogP) is 1.53. The SMILES string of the molecule is CC(Br)C1=NC(C)(C)C(=O)O1.CCOC(=S)SC(C)C1=NC(C)(C)C(=O)O1.CCOC(=S)[S-].[K+]. The Morgan fingerprint density at radius 2 is 1.41 bits per heavy atom. The molecule has 0 saturated heterocycles. The Kier molecular flexibility index (Phi) is 18.8. The fraction of sp³-hybridized carbons (Fsp3) is 0.700. The van der Waals surface area contributed by atoms with Crippen molar-refractivity contribution in [2.45, 2.75) is 76.5 Å². The molecule has 0 N–H and O–H groups in total. The molecule has 0 fully saturated rings. The zero-order valence-corrected chi connectivity index (χ0v) is 28.9. The van der Waals surface area contributed by atoms with Gasteiger partial charge in [0.25, 0.3) is 0 Å². The van der Waals surface area contributed by atoms with E-state index < -0.39 is 11.1 Å². The first kappa shape index (κ1) is 36.9. The number of ether oxygens (including phenoxy) is 4. The average molecular weight is 642 g/mol. The van der Waals surface area contributed by atoms with Crippen LogP contribution in [0.25, 0.3) is 0 Å². The first-order valence-electron chi connectivity index (χ1n) is 10.0. The van der Waals surface area contributed by atoms with Crippen molar-refractivity contribution in [1.29, 1.82) is 0 Å². The minimum absolute atomic E-state index is 0. The molecule has 0 radical (unpaired) electrons. The number of halogens is 1. The number of esters is 2. The fourth-order valence-corrected chi connectivity index (χ4v) is 3.59. The molecule has 34 heavy (non-hydrogen) atoms. The molecule has 0 aromatic rings.